The van der Waals surface area contributed by atoms with Crippen molar-refractivity contribution in [2.75, 3.05) is 11.4 Å². The molecule has 0 aliphatic heterocycles. The highest BCUT2D eigenvalue weighted by atomic mass is 16.4. The maximum Gasteiger partial charge on any atom is 0.188 e. The Bertz CT molecular complexity index is 441. The van der Waals surface area contributed by atoms with E-state index in [2.05, 4.69) is 22.0 Å². The molecule has 1 heterocycles. The average molecular weight is 262 g/mol. The van der Waals surface area contributed by atoms with E-state index in [0.29, 0.717) is 11.7 Å². The molecule has 2 rings (SSSR count). The summed E-state index contributed by atoms with van der Waals surface area (Å²) in [6.07, 6.45) is 8.16. The summed E-state index contributed by atoms with van der Waals surface area (Å²) in [7, 11) is 0. The Labute approximate surface area is 114 Å². The van der Waals surface area contributed by atoms with Crippen LogP contribution in [0.1, 0.15) is 44.7 Å². The average Bonchev–Trinajstić information content (AvgIpc) is 2.48. The molecule has 1 saturated carbocycles. The summed E-state index contributed by atoms with van der Waals surface area (Å²) in [5.41, 5.74) is 7.23. The van der Waals surface area contributed by atoms with Crippen molar-refractivity contribution in [3.63, 3.8) is 0 Å². The molecule has 1 aromatic rings. The third-order valence-corrected chi connectivity index (χ3v) is 3.80. The molecule has 0 atom stereocenters. The van der Waals surface area contributed by atoms with Gasteiger partial charge in [-0.3, -0.25) is 4.98 Å². The molecule has 1 aliphatic rings. The molecule has 0 unspecified atom stereocenters. The summed E-state index contributed by atoms with van der Waals surface area (Å²) in [5.74, 6) is 0.0570. The first-order valence-electron chi connectivity index (χ1n) is 6.97. The zero-order valence-electron chi connectivity index (χ0n) is 11.4. The number of amidine groups is 1. The van der Waals surface area contributed by atoms with Crippen LogP contribution >= 0.6 is 0 Å². The van der Waals surface area contributed by atoms with E-state index in [9.17, 15) is 0 Å². The number of aromatic nitrogens is 1. The Morgan fingerprint density at radius 3 is 2.84 bits per heavy atom. The minimum absolute atomic E-state index is 0.0570. The SMILES string of the molecule is CCN(c1ccnc(C(N)=NO)c1)C1CCCCC1. The zero-order valence-corrected chi connectivity index (χ0v) is 11.4. The number of rotatable bonds is 4. The Morgan fingerprint density at radius 2 is 2.21 bits per heavy atom. The summed E-state index contributed by atoms with van der Waals surface area (Å²) >= 11 is 0. The third kappa shape index (κ3) is 3.16. The van der Waals surface area contributed by atoms with Crippen LogP contribution in [0.15, 0.2) is 23.5 Å². The van der Waals surface area contributed by atoms with Crippen LogP contribution in [0.3, 0.4) is 0 Å². The molecule has 1 aromatic heterocycles. The van der Waals surface area contributed by atoms with Crippen molar-refractivity contribution in [1.82, 2.24) is 4.98 Å². The summed E-state index contributed by atoms with van der Waals surface area (Å²) < 4.78 is 0. The van der Waals surface area contributed by atoms with E-state index >= 15 is 0 Å². The van der Waals surface area contributed by atoms with Crippen molar-refractivity contribution >= 4 is 11.5 Å². The van der Waals surface area contributed by atoms with Gasteiger partial charge in [-0.25, -0.2) is 0 Å². The van der Waals surface area contributed by atoms with E-state index in [0.717, 1.165) is 12.2 Å². The lowest BCUT2D eigenvalue weighted by molar-refractivity contribution is 0.318. The summed E-state index contributed by atoms with van der Waals surface area (Å²) in [6, 6.07) is 4.49. The Morgan fingerprint density at radius 1 is 1.47 bits per heavy atom. The number of pyridine rings is 1. The summed E-state index contributed by atoms with van der Waals surface area (Å²) in [4.78, 5) is 6.53. The second-order valence-corrected chi connectivity index (χ2v) is 4.96. The first-order chi connectivity index (χ1) is 9.26. The fourth-order valence-electron chi connectivity index (χ4n) is 2.83. The van der Waals surface area contributed by atoms with Gasteiger partial charge in [0.2, 0.25) is 0 Å². The molecule has 0 radical (unpaired) electrons. The predicted octanol–water partition coefficient (Wildman–Crippen LogP) is 2.34. The highest BCUT2D eigenvalue weighted by Gasteiger charge is 2.20. The lowest BCUT2D eigenvalue weighted by atomic mass is 9.94. The number of anilines is 1. The molecule has 19 heavy (non-hydrogen) atoms. The number of nitrogens with zero attached hydrogens (tertiary/aromatic N) is 3. The first-order valence-corrected chi connectivity index (χ1v) is 6.97. The van der Waals surface area contributed by atoms with Crippen LogP contribution in [0.2, 0.25) is 0 Å². The number of hydrogen-bond donors (Lipinski definition) is 2. The largest absolute Gasteiger partial charge is 0.409 e. The molecule has 5 heteroatoms. The maximum atomic E-state index is 8.73. The summed E-state index contributed by atoms with van der Waals surface area (Å²) in [5, 5.41) is 11.7. The lowest BCUT2D eigenvalue weighted by Crippen LogP contribution is -2.36. The van der Waals surface area contributed by atoms with Crippen LogP contribution in [0.5, 0.6) is 0 Å². The van der Waals surface area contributed by atoms with Gasteiger partial charge >= 0.3 is 0 Å². The van der Waals surface area contributed by atoms with Crippen LogP contribution < -0.4 is 10.6 Å². The Kier molecular flexibility index (Phi) is 4.60. The number of hydrogen-bond acceptors (Lipinski definition) is 4. The molecule has 1 aliphatic carbocycles. The van der Waals surface area contributed by atoms with E-state index in [4.69, 9.17) is 10.9 Å². The van der Waals surface area contributed by atoms with Gasteiger partial charge in [-0.2, -0.15) is 0 Å². The van der Waals surface area contributed by atoms with E-state index in [1.54, 1.807) is 6.20 Å². The van der Waals surface area contributed by atoms with Crippen molar-refractivity contribution in [2.24, 2.45) is 10.9 Å². The van der Waals surface area contributed by atoms with Gasteiger partial charge in [0.1, 0.15) is 5.69 Å². The fraction of sp³-hybridized carbons (Fsp3) is 0.571. The third-order valence-electron chi connectivity index (χ3n) is 3.80. The smallest absolute Gasteiger partial charge is 0.188 e. The first kappa shape index (κ1) is 13.6. The molecule has 1 fully saturated rings. The highest BCUT2D eigenvalue weighted by Crippen LogP contribution is 2.27. The van der Waals surface area contributed by atoms with Crippen molar-refractivity contribution in [3.8, 4) is 0 Å². The van der Waals surface area contributed by atoms with Crippen LogP contribution in [-0.2, 0) is 0 Å². The Hall–Kier alpha value is -1.78. The van der Waals surface area contributed by atoms with E-state index in [1.807, 2.05) is 12.1 Å². The monoisotopic (exact) mass is 262 g/mol. The Balaban J connectivity index is 2.22. The molecule has 0 saturated heterocycles. The van der Waals surface area contributed by atoms with E-state index < -0.39 is 0 Å². The highest BCUT2D eigenvalue weighted by molar-refractivity contribution is 5.95. The number of nitrogens with two attached hydrogens (primary N) is 1. The van der Waals surface area contributed by atoms with Crippen LogP contribution in [0, 0.1) is 0 Å². The molecule has 5 nitrogen and oxygen atoms in total. The minimum atomic E-state index is 0.0570. The van der Waals surface area contributed by atoms with Gasteiger partial charge in [-0.15, -0.1) is 0 Å². The molecule has 104 valence electrons. The second kappa shape index (κ2) is 6.41. The van der Waals surface area contributed by atoms with Gasteiger partial charge in [0.05, 0.1) is 0 Å². The maximum absolute atomic E-state index is 8.73. The van der Waals surface area contributed by atoms with Crippen molar-refractivity contribution in [3.05, 3.63) is 24.0 Å². The zero-order chi connectivity index (χ0) is 13.7. The molecular weight excluding hydrogens is 240 g/mol. The molecule has 3 N–H and O–H groups in total. The van der Waals surface area contributed by atoms with Gasteiger partial charge < -0.3 is 15.8 Å². The van der Waals surface area contributed by atoms with E-state index in [-0.39, 0.29) is 5.84 Å². The molecule has 0 bridgehead atoms. The molecular formula is C14H22N4O. The standard InChI is InChI=1S/C14H22N4O/c1-2-18(11-6-4-3-5-7-11)12-8-9-16-13(10-12)14(15)17-19/h8-11,19H,2-7H2,1H3,(H2,15,17). The van der Waals surface area contributed by atoms with Gasteiger partial charge in [0, 0.05) is 24.5 Å². The number of oxime groups is 1. The van der Waals surface area contributed by atoms with Crippen molar-refractivity contribution < 1.29 is 5.21 Å². The fourth-order valence-corrected chi connectivity index (χ4v) is 2.83. The topological polar surface area (TPSA) is 74.7 Å². The van der Waals surface area contributed by atoms with E-state index in [1.165, 1.54) is 32.1 Å². The van der Waals surface area contributed by atoms with Crippen LogP contribution in [0.25, 0.3) is 0 Å². The quantitative estimate of drug-likeness (QED) is 0.378. The molecule has 0 aromatic carbocycles. The second-order valence-electron chi connectivity index (χ2n) is 4.96. The minimum Gasteiger partial charge on any atom is -0.409 e. The lowest BCUT2D eigenvalue weighted by Gasteiger charge is -2.35. The van der Waals surface area contributed by atoms with Gasteiger partial charge in [-0.05, 0) is 31.9 Å². The molecule has 0 spiro atoms. The van der Waals surface area contributed by atoms with Crippen molar-refractivity contribution in [2.45, 2.75) is 45.1 Å². The van der Waals surface area contributed by atoms with Gasteiger partial charge in [-0.1, -0.05) is 24.4 Å². The summed E-state index contributed by atoms with van der Waals surface area (Å²) in [6.45, 7) is 3.13. The molecule has 0 amide bonds. The predicted molar refractivity (Wildman–Crippen MR) is 76.6 cm³/mol. The van der Waals surface area contributed by atoms with Crippen molar-refractivity contribution in [1.29, 1.82) is 0 Å². The van der Waals surface area contributed by atoms with Crippen LogP contribution in [-0.4, -0.2) is 28.6 Å². The van der Waals surface area contributed by atoms with Crippen LogP contribution in [0.4, 0.5) is 5.69 Å². The normalized spacial score (nSPS) is 17.4. The van der Waals surface area contributed by atoms with Gasteiger partial charge in [0.25, 0.3) is 0 Å². The van der Waals surface area contributed by atoms with Gasteiger partial charge in [0.15, 0.2) is 5.84 Å².